The Kier molecular flexibility index (Phi) is 7.58. The fourth-order valence-electron chi connectivity index (χ4n) is 2.81. The highest BCUT2D eigenvalue weighted by Gasteiger charge is 2.35. The first-order valence-corrected chi connectivity index (χ1v) is 11.0. The number of benzene rings is 2. The summed E-state index contributed by atoms with van der Waals surface area (Å²) in [6.07, 6.45) is 3.07. The number of nitrogens with one attached hydrogen (secondary N) is 1. The highest BCUT2D eigenvalue weighted by Crippen LogP contribution is 2.36. The smallest absolute Gasteiger partial charge is 0.270 e. The Bertz CT molecular complexity index is 1140. The highest BCUT2D eigenvalue weighted by molar-refractivity contribution is 14.1. The summed E-state index contributed by atoms with van der Waals surface area (Å²) in [4.78, 5) is 26.9. The number of ether oxygens (including phenoxy) is 2. The predicted octanol–water partition coefficient (Wildman–Crippen LogP) is 5.00. The number of carbonyl (C=O) groups excluding carboxylic acids is 2. The lowest BCUT2D eigenvalue weighted by molar-refractivity contribution is -0.122. The zero-order valence-corrected chi connectivity index (χ0v) is 20.6. The summed E-state index contributed by atoms with van der Waals surface area (Å²) in [7, 11) is 1.50. The van der Waals surface area contributed by atoms with Crippen LogP contribution in [0.25, 0.3) is 6.08 Å². The average Bonchev–Trinajstić information content (AvgIpc) is 2.73. The van der Waals surface area contributed by atoms with E-state index in [1.54, 1.807) is 36.4 Å². The number of rotatable bonds is 6. The second-order valence-electron chi connectivity index (χ2n) is 6.16. The van der Waals surface area contributed by atoms with E-state index in [4.69, 9.17) is 44.9 Å². The van der Waals surface area contributed by atoms with Crippen LogP contribution in [0.5, 0.6) is 11.5 Å². The van der Waals surface area contributed by atoms with Crippen molar-refractivity contribution in [2.24, 2.45) is 0 Å². The number of hydrogen-bond acceptors (Lipinski definition) is 5. The van der Waals surface area contributed by atoms with Gasteiger partial charge in [0, 0.05) is 0 Å². The first kappa shape index (κ1) is 23.5. The standard InChI is InChI=1S/C21H15Cl2IN2O4S/c1-3-7-30-18-14(24)9-11(10-16(18)29-2)8-12-19(27)25-21(31)26(20(12)28)15-6-4-5-13(22)17(15)23/h3-6,8-10H,1,7H2,2H3,(H,25,27,31)/b12-8-. The van der Waals surface area contributed by atoms with Crippen LogP contribution in [0.2, 0.25) is 10.0 Å². The van der Waals surface area contributed by atoms with E-state index in [2.05, 4.69) is 34.5 Å². The van der Waals surface area contributed by atoms with Gasteiger partial charge in [-0.3, -0.25) is 19.8 Å². The molecule has 1 saturated heterocycles. The lowest BCUT2D eigenvalue weighted by atomic mass is 10.1. The molecule has 1 heterocycles. The van der Waals surface area contributed by atoms with E-state index in [0.29, 0.717) is 23.7 Å². The van der Waals surface area contributed by atoms with Crippen molar-refractivity contribution >= 4 is 86.7 Å². The second kappa shape index (κ2) is 9.99. The van der Waals surface area contributed by atoms with Gasteiger partial charge in [0.2, 0.25) is 0 Å². The molecule has 1 fully saturated rings. The van der Waals surface area contributed by atoms with Crippen molar-refractivity contribution in [2.75, 3.05) is 18.6 Å². The van der Waals surface area contributed by atoms with Crippen LogP contribution >= 0.6 is 58.0 Å². The molecular formula is C21H15Cl2IN2O4S. The van der Waals surface area contributed by atoms with Crippen LogP contribution in [0.1, 0.15) is 5.56 Å². The maximum Gasteiger partial charge on any atom is 0.270 e. The molecule has 0 saturated carbocycles. The number of carbonyl (C=O) groups is 2. The number of halogens is 3. The third kappa shape index (κ3) is 4.87. The van der Waals surface area contributed by atoms with Gasteiger partial charge < -0.3 is 9.47 Å². The second-order valence-corrected chi connectivity index (χ2v) is 8.50. The maximum absolute atomic E-state index is 13.2. The third-order valence-corrected chi connectivity index (χ3v) is 6.08. The lowest BCUT2D eigenvalue weighted by Crippen LogP contribution is -2.54. The molecule has 0 aromatic heterocycles. The number of anilines is 1. The van der Waals surface area contributed by atoms with E-state index >= 15 is 0 Å². The Morgan fingerprint density at radius 2 is 2.03 bits per heavy atom. The summed E-state index contributed by atoms with van der Waals surface area (Å²) in [6.45, 7) is 3.94. The van der Waals surface area contributed by atoms with Crippen molar-refractivity contribution in [1.82, 2.24) is 5.32 Å². The van der Waals surface area contributed by atoms with Crippen LogP contribution in [0.3, 0.4) is 0 Å². The molecule has 1 N–H and O–H groups in total. The first-order valence-electron chi connectivity index (χ1n) is 8.75. The molecule has 0 radical (unpaired) electrons. The molecule has 0 unspecified atom stereocenters. The molecule has 0 bridgehead atoms. The van der Waals surface area contributed by atoms with Gasteiger partial charge in [-0.1, -0.05) is 41.9 Å². The largest absolute Gasteiger partial charge is 0.493 e. The monoisotopic (exact) mass is 588 g/mol. The van der Waals surface area contributed by atoms with Gasteiger partial charge in [-0.25, -0.2) is 0 Å². The van der Waals surface area contributed by atoms with Crippen LogP contribution in [-0.4, -0.2) is 30.6 Å². The normalized spacial score (nSPS) is 15.2. The summed E-state index contributed by atoms with van der Waals surface area (Å²) in [5, 5.41) is 2.83. The minimum Gasteiger partial charge on any atom is -0.493 e. The quantitative estimate of drug-likeness (QED) is 0.169. The van der Waals surface area contributed by atoms with Gasteiger partial charge in [-0.15, -0.1) is 0 Å². The number of methoxy groups -OCH3 is 1. The van der Waals surface area contributed by atoms with Crippen LogP contribution in [0, 0.1) is 3.57 Å². The van der Waals surface area contributed by atoms with Crippen molar-refractivity contribution in [1.29, 1.82) is 0 Å². The van der Waals surface area contributed by atoms with Crippen LogP contribution in [0.15, 0.2) is 48.6 Å². The zero-order valence-electron chi connectivity index (χ0n) is 16.1. The minimum atomic E-state index is -0.626. The van der Waals surface area contributed by atoms with Crippen molar-refractivity contribution in [3.8, 4) is 11.5 Å². The number of amides is 2. The minimum absolute atomic E-state index is 0.0864. The van der Waals surface area contributed by atoms with Gasteiger partial charge in [-0.05, 0) is 70.7 Å². The summed E-state index contributed by atoms with van der Waals surface area (Å²) >= 11 is 19.6. The average molecular weight is 589 g/mol. The third-order valence-electron chi connectivity index (χ3n) is 4.18. The van der Waals surface area contributed by atoms with E-state index in [0.717, 1.165) is 8.47 Å². The van der Waals surface area contributed by atoms with E-state index in [9.17, 15) is 9.59 Å². The Balaban J connectivity index is 2.05. The van der Waals surface area contributed by atoms with Crippen molar-refractivity contribution in [3.05, 3.63) is 67.7 Å². The van der Waals surface area contributed by atoms with E-state index in [1.165, 1.54) is 13.2 Å². The number of thiocarbonyl (C=S) groups is 1. The molecule has 160 valence electrons. The summed E-state index contributed by atoms with van der Waals surface area (Å²) in [5.74, 6) is -0.253. The zero-order chi connectivity index (χ0) is 22.7. The Morgan fingerprint density at radius 1 is 1.29 bits per heavy atom. The summed E-state index contributed by atoms with van der Waals surface area (Å²) in [5.41, 5.74) is 0.716. The predicted molar refractivity (Wildman–Crippen MR) is 134 cm³/mol. The molecule has 31 heavy (non-hydrogen) atoms. The molecule has 1 aliphatic heterocycles. The fraction of sp³-hybridized carbons (Fsp3) is 0.0952. The first-order chi connectivity index (χ1) is 14.8. The molecule has 0 atom stereocenters. The van der Waals surface area contributed by atoms with Crippen molar-refractivity contribution in [3.63, 3.8) is 0 Å². The van der Waals surface area contributed by atoms with Gasteiger partial charge in [0.1, 0.15) is 12.2 Å². The van der Waals surface area contributed by atoms with Gasteiger partial charge in [0.15, 0.2) is 16.6 Å². The fourth-order valence-corrected chi connectivity index (χ4v) is 4.25. The van der Waals surface area contributed by atoms with E-state index in [-0.39, 0.29) is 26.4 Å². The molecule has 2 aromatic carbocycles. The Labute approximate surface area is 207 Å². The Morgan fingerprint density at radius 3 is 2.71 bits per heavy atom. The van der Waals surface area contributed by atoms with Gasteiger partial charge >= 0.3 is 0 Å². The lowest BCUT2D eigenvalue weighted by Gasteiger charge is -2.29. The number of nitrogens with zero attached hydrogens (tertiary/aromatic N) is 1. The molecule has 0 spiro atoms. The molecule has 2 aromatic rings. The van der Waals surface area contributed by atoms with Gasteiger partial charge in [0.05, 0.1) is 26.4 Å². The van der Waals surface area contributed by atoms with Crippen LogP contribution < -0.4 is 19.7 Å². The van der Waals surface area contributed by atoms with Crippen LogP contribution in [-0.2, 0) is 9.59 Å². The van der Waals surface area contributed by atoms with E-state index < -0.39 is 11.8 Å². The topological polar surface area (TPSA) is 67.9 Å². The molecule has 10 heteroatoms. The van der Waals surface area contributed by atoms with Crippen LogP contribution in [0.4, 0.5) is 5.69 Å². The molecule has 1 aliphatic rings. The summed E-state index contributed by atoms with van der Waals surface area (Å²) in [6, 6.07) is 8.24. The SMILES string of the molecule is C=CCOc1c(I)cc(/C=C2/C(=O)NC(=S)N(c3cccc(Cl)c3Cl)C2=O)cc1OC. The molecule has 0 aliphatic carbocycles. The Hall–Kier alpha value is -2.14. The van der Waals surface area contributed by atoms with Gasteiger partial charge in [0.25, 0.3) is 11.8 Å². The van der Waals surface area contributed by atoms with Gasteiger partial charge in [-0.2, -0.15) is 0 Å². The maximum atomic E-state index is 13.2. The molecular weight excluding hydrogens is 574 g/mol. The van der Waals surface area contributed by atoms with Crippen molar-refractivity contribution in [2.45, 2.75) is 0 Å². The van der Waals surface area contributed by atoms with Crippen molar-refractivity contribution < 1.29 is 19.1 Å². The molecule has 3 rings (SSSR count). The van der Waals surface area contributed by atoms with E-state index in [1.807, 2.05) is 0 Å². The molecule has 2 amide bonds. The highest BCUT2D eigenvalue weighted by atomic mass is 127. The summed E-state index contributed by atoms with van der Waals surface area (Å²) < 4.78 is 11.8. The number of hydrogen-bond donors (Lipinski definition) is 1. The molecule has 6 nitrogen and oxygen atoms in total.